The van der Waals surface area contributed by atoms with E-state index in [-0.39, 0.29) is 35.8 Å². The minimum atomic E-state index is 0. The largest absolute Gasteiger partial charge is 0.477 e. The molecule has 0 radical (unpaired) electrons. The maximum atomic E-state index is 12.0. The van der Waals surface area contributed by atoms with Gasteiger partial charge in [0, 0.05) is 50.4 Å². The molecule has 1 aliphatic carbocycles. The number of para-hydroxylation sites is 1. The van der Waals surface area contributed by atoms with E-state index in [0.29, 0.717) is 37.3 Å². The van der Waals surface area contributed by atoms with Crippen molar-refractivity contribution in [3.8, 4) is 5.88 Å². The van der Waals surface area contributed by atoms with Crippen molar-refractivity contribution in [2.45, 2.75) is 31.7 Å². The predicted molar refractivity (Wildman–Crippen MR) is 129 cm³/mol. The lowest BCUT2D eigenvalue weighted by atomic mass is 9.90. The summed E-state index contributed by atoms with van der Waals surface area (Å²) in [5.41, 5.74) is 3.13. The van der Waals surface area contributed by atoms with E-state index in [1.165, 1.54) is 12.8 Å². The van der Waals surface area contributed by atoms with Gasteiger partial charge < -0.3 is 20.7 Å². The Morgan fingerprint density at radius 3 is 2.90 bits per heavy atom. The summed E-state index contributed by atoms with van der Waals surface area (Å²) in [7, 11) is 1.74. The van der Waals surface area contributed by atoms with Gasteiger partial charge in [0.2, 0.25) is 11.8 Å². The van der Waals surface area contributed by atoms with Gasteiger partial charge in [-0.3, -0.25) is 9.79 Å². The van der Waals surface area contributed by atoms with Gasteiger partial charge >= 0.3 is 0 Å². The van der Waals surface area contributed by atoms with E-state index in [9.17, 15) is 4.79 Å². The number of benzene rings is 1. The van der Waals surface area contributed by atoms with Crippen LogP contribution in [0.4, 0.5) is 5.69 Å². The molecule has 8 heteroatoms. The predicted octanol–water partition coefficient (Wildman–Crippen LogP) is 3.28. The molecule has 1 aromatic heterocycles. The number of hydrogen-bond donors (Lipinski definition) is 3. The lowest BCUT2D eigenvalue weighted by Gasteiger charge is -2.26. The van der Waals surface area contributed by atoms with Crippen LogP contribution in [0, 0.1) is 5.92 Å². The van der Waals surface area contributed by atoms with E-state index in [1.807, 2.05) is 30.3 Å². The number of hydrogen-bond acceptors (Lipinski definition) is 4. The van der Waals surface area contributed by atoms with Gasteiger partial charge in [-0.1, -0.05) is 18.2 Å². The van der Waals surface area contributed by atoms with Crippen molar-refractivity contribution >= 4 is 41.5 Å². The molecule has 0 saturated heterocycles. The highest BCUT2D eigenvalue weighted by molar-refractivity contribution is 14.0. The zero-order valence-electron chi connectivity index (χ0n) is 17.1. The molecule has 7 nitrogen and oxygen atoms in total. The molecular formula is C22H28IN5O2. The standard InChI is InChI=1S/C22H27N5O2.HI/c1-23-22(25-12-16-8-9-24-21(10-16)29-14-15-6-7-15)26-13-17-11-20(28)27-19-5-3-2-4-18(17)19;/h2-5,8-10,15,17H,6-7,11-14H2,1H3,(H,27,28)(H2,23,25,26);1H. The SMILES string of the molecule is CN=C(NCc1ccnc(OCC2CC2)c1)NCC1CC(=O)Nc2ccccc21.I. The van der Waals surface area contributed by atoms with Gasteiger partial charge in [-0.05, 0) is 42.0 Å². The number of aromatic nitrogens is 1. The van der Waals surface area contributed by atoms with Crippen molar-refractivity contribution in [1.82, 2.24) is 15.6 Å². The molecule has 0 spiro atoms. The minimum absolute atomic E-state index is 0. The highest BCUT2D eigenvalue weighted by Crippen LogP contribution is 2.31. The van der Waals surface area contributed by atoms with Crippen molar-refractivity contribution in [1.29, 1.82) is 0 Å². The van der Waals surface area contributed by atoms with Crippen molar-refractivity contribution in [3.05, 3.63) is 53.7 Å². The number of guanidine groups is 1. The van der Waals surface area contributed by atoms with Crippen LogP contribution in [0.25, 0.3) is 0 Å². The van der Waals surface area contributed by atoms with Crippen LogP contribution in [0.1, 0.15) is 36.3 Å². The molecule has 2 aromatic rings. The molecule has 2 heterocycles. The maximum absolute atomic E-state index is 12.0. The number of anilines is 1. The summed E-state index contributed by atoms with van der Waals surface area (Å²) < 4.78 is 5.75. The molecule has 1 amide bonds. The molecule has 1 aliphatic heterocycles. The van der Waals surface area contributed by atoms with E-state index in [2.05, 4.69) is 32.0 Å². The Labute approximate surface area is 194 Å². The van der Waals surface area contributed by atoms with Crippen molar-refractivity contribution in [3.63, 3.8) is 0 Å². The average Bonchev–Trinajstić information content (AvgIpc) is 3.57. The Hall–Kier alpha value is -2.36. The van der Waals surface area contributed by atoms with Gasteiger partial charge in [-0.2, -0.15) is 0 Å². The number of rotatable bonds is 7. The third-order valence-corrected chi connectivity index (χ3v) is 5.27. The zero-order chi connectivity index (χ0) is 20.1. The molecule has 1 unspecified atom stereocenters. The van der Waals surface area contributed by atoms with Gasteiger partial charge in [0.05, 0.1) is 6.61 Å². The summed E-state index contributed by atoms with van der Waals surface area (Å²) in [5, 5.41) is 9.60. The normalized spacial score (nSPS) is 18.0. The number of fused-ring (bicyclic) bond motifs is 1. The van der Waals surface area contributed by atoms with Gasteiger partial charge in [0.15, 0.2) is 5.96 Å². The highest BCUT2D eigenvalue weighted by Gasteiger charge is 2.25. The van der Waals surface area contributed by atoms with E-state index in [4.69, 9.17) is 4.74 Å². The minimum Gasteiger partial charge on any atom is -0.477 e. The first kappa shape index (κ1) is 22.3. The van der Waals surface area contributed by atoms with Crippen LogP contribution in [0.2, 0.25) is 0 Å². The molecule has 1 saturated carbocycles. The van der Waals surface area contributed by atoms with Crippen molar-refractivity contribution in [2.24, 2.45) is 10.9 Å². The summed E-state index contributed by atoms with van der Waals surface area (Å²) in [6.45, 7) is 2.00. The molecule has 4 rings (SSSR count). The summed E-state index contributed by atoms with van der Waals surface area (Å²) in [6.07, 6.45) is 4.76. The number of halogens is 1. The Kier molecular flexibility index (Phi) is 7.89. The molecule has 1 fully saturated rings. The monoisotopic (exact) mass is 521 g/mol. The lowest BCUT2D eigenvalue weighted by molar-refractivity contribution is -0.116. The Bertz CT molecular complexity index is 901. The molecule has 3 N–H and O–H groups in total. The number of carbonyl (C=O) groups is 1. The number of aliphatic imine (C=N–C) groups is 1. The fourth-order valence-electron chi connectivity index (χ4n) is 3.44. The number of amides is 1. The topological polar surface area (TPSA) is 87.6 Å². The number of carbonyl (C=O) groups excluding carboxylic acids is 1. The van der Waals surface area contributed by atoms with Crippen LogP contribution in [0.5, 0.6) is 5.88 Å². The summed E-state index contributed by atoms with van der Waals surface area (Å²) in [5.74, 6) is 2.24. The van der Waals surface area contributed by atoms with Gasteiger partial charge in [-0.15, -0.1) is 24.0 Å². The van der Waals surface area contributed by atoms with E-state index in [1.54, 1.807) is 13.2 Å². The van der Waals surface area contributed by atoms with Crippen LogP contribution in [0.15, 0.2) is 47.6 Å². The van der Waals surface area contributed by atoms with E-state index in [0.717, 1.165) is 23.4 Å². The Balaban J connectivity index is 0.00000256. The third-order valence-electron chi connectivity index (χ3n) is 5.27. The third kappa shape index (κ3) is 6.07. The zero-order valence-corrected chi connectivity index (χ0v) is 19.4. The summed E-state index contributed by atoms with van der Waals surface area (Å²) in [6, 6.07) is 11.9. The Morgan fingerprint density at radius 1 is 1.27 bits per heavy atom. The molecule has 30 heavy (non-hydrogen) atoms. The van der Waals surface area contributed by atoms with Crippen LogP contribution >= 0.6 is 24.0 Å². The number of pyridine rings is 1. The second-order valence-electron chi connectivity index (χ2n) is 7.60. The first-order chi connectivity index (χ1) is 14.2. The molecular weight excluding hydrogens is 493 g/mol. The van der Waals surface area contributed by atoms with Crippen LogP contribution in [-0.4, -0.2) is 37.1 Å². The van der Waals surface area contributed by atoms with Gasteiger partial charge in [0.25, 0.3) is 0 Å². The fourth-order valence-corrected chi connectivity index (χ4v) is 3.44. The Morgan fingerprint density at radius 2 is 2.10 bits per heavy atom. The summed E-state index contributed by atoms with van der Waals surface area (Å²) in [4.78, 5) is 20.6. The van der Waals surface area contributed by atoms with Crippen LogP contribution < -0.4 is 20.7 Å². The second-order valence-corrected chi connectivity index (χ2v) is 7.60. The van der Waals surface area contributed by atoms with Crippen molar-refractivity contribution in [2.75, 3.05) is 25.5 Å². The molecule has 1 atom stereocenters. The summed E-state index contributed by atoms with van der Waals surface area (Å²) >= 11 is 0. The second kappa shape index (κ2) is 10.6. The van der Waals surface area contributed by atoms with Crippen molar-refractivity contribution < 1.29 is 9.53 Å². The number of nitrogens with one attached hydrogen (secondary N) is 3. The van der Waals surface area contributed by atoms with E-state index < -0.39 is 0 Å². The quantitative estimate of drug-likeness (QED) is 0.296. The fraction of sp³-hybridized carbons (Fsp3) is 0.409. The first-order valence-electron chi connectivity index (χ1n) is 10.1. The smallest absolute Gasteiger partial charge is 0.225 e. The lowest BCUT2D eigenvalue weighted by Crippen LogP contribution is -2.40. The van der Waals surface area contributed by atoms with Crippen LogP contribution in [-0.2, 0) is 11.3 Å². The molecule has 160 valence electrons. The molecule has 0 bridgehead atoms. The number of ether oxygens (including phenoxy) is 1. The first-order valence-corrected chi connectivity index (χ1v) is 10.1. The number of nitrogens with zero attached hydrogens (tertiary/aromatic N) is 2. The van der Waals surface area contributed by atoms with E-state index >= 15 is 0 Å². The van der Waals surface area contributed by atoms with Crippen LogP contribution in [0.3, 0.4) is 0 Å². The molecule has 1 aromatic carbocycles. The maximum Gasteiger partial charge on any atom is 0.225 e. The average molecular weight is 521 g/mol. The van der Waals surface area contributed by atoms with Gasteiger partial charge in [0.1, 0.15) is 0 Å². The highest BCUT2D eigenvalue weighted by atomic mass is 127. The van der Waals surface area contributed by atoms with Gasteiger partial charge in [-0.25, -0.2) is 4.98 Å². The molecule has 2 aliphatic rings.